The molecule has 3 aromatic carbocycles. The van der Waals surface area contributed by atoms with Gasteiger partial charge in [0.25, 0.3) is 0 Å². The Morgan fingerprint density at radius 2 is 1.67 bits per heavy atom. The second-order valence-electron chi connectivity index (χ2n) is 7.42. The molecular weight excluding hydrogens is 432 g/mol. The van der Waals surface area contributed by atoms with Crippen molar-refractivity contribution < 1.29 is 14.3 Å². The van der Waals surface area contributed by atoms with Gasteiger partial charge in [-0.25, -0.2) is 4.79 Å². The molecule has 0 fully saturated rings. The number of rotatable bonds is 9. The van der Waals surface area contributed by atoms with E-state index in [1.54, 1.807) is 32.2 Å². The van der Waals surface area contributed by atoms with Crippen molar-refractivity contribution in [1.29, 1.82) is 0 Å². The molecule has 0 radical (unpaired) electrons. The fraction of sp³-hybridized carbons (Fsp3) is 0.138. The lowest BCUT2D eigenvalue weighted by Gasteiger charge is -2.15. The summed E-state index contributed by atoms with van der Waals surface area (Å²) in [5.74, 6) is 0.361. The van der Waals surface area contributed by atoms with Crippen molar-refractivity contribution in [3.05, 3.63) is 124 Å². The average molecular weight is 459 g/mol. The molecule has 0 spiro atoms. The van der Waals surface area contributed by atoms with E-state index in [1.165, 1.54) is 0 Å². The van der Waals surface area contributed by atoms with E-state index in [-0.39, 0.29) is 6.61 Å². The Morgan fingerprint density at radius 1 is 0.939 bits per heavy atom. The smallest absolute Gasteiger partial charge is 0.338 e. The Labute approximate surface area is 200 Å². The molecule has 0 unspecified atom stereocenters. The number of ether oxygens (including phenoxy) is 2. The normalized spacial score (nSPS) is 11.7. The number of esters is 1. The molecule has 3 nitrogen and oxygen atoms in total. The van der Waals surface area contributed by atoms with E-state index >= 15 is 0 Å². The number of benzene rings is 3. The number of hydrogen-bond donors (Lipinski definition) is 0. The van der Waals surface area contributed by atoms with Crippen molar-refractivity contribution in [2.24, 2.45) is 0 Å². The maximum absolute atomic E-state index is 12.9. The number of hydrogen-bond acceptors (Lipinski definition) is 3. The van der Waals surface area contributed by atoms with E-state index in [4.69, 9.17) is 21.1 Å². The summed E-state index contributed by atoms with van der Waals surface area (Å²) in [6.45, 7) is 6.37. The lowest BCUT2D eigenvalue weighted by molar-refractivity contribution is -0.138. The molecule has 0 aliphatic heterocycles. The SMILES string of the molecule is C=C(/C(=C/c1cccc(Cl)c1)C(=O)OCC)/C(=C/c1ccc(OC)cc1)Cc1ccccc1. The zero-order valence-corrected chi connectivity index (χ0v) is 19.6. The van der Waals surface area contributed by atoms with Crippen LogP contribution in [-0.2, 0) is 16.0 Å². The zero-order chi connectivity index (χ0) is 23.6. The topological polar surface area (TPSA) is 35.5 Å². The first-order chi connectivity index (χ1) is 16.0. The highest BCUT2D eigenvalue weighted by Gasteiger charge is 2.18. The first-order valence-corrected chi connectivity index (χ1v) is 11.1. The summed E-state index contributed by atoms with van der Waals surface area (Å²) in [5, 5.41) is 0.593. The summed E-state index contributed by atoms with van der Waals surface area (Å²) < 4.78 is 10.6. The molecule has 0 aliphatic carbocycles. The van der Waals surface area contributed by atoms with Crippen LogP contribution >= 0.6 is 11.6 Å². The average Bonchev–Trinajstić information content (AvgIpc) is 2.83. The molecule has 0 aliphatic rings. The van der Waals surface area contributed by atoms with Crippen molar-refractivity contribution in [1.82, 2.24) is 0 Å². The van der Waals surface area contributed by atoms with Crippen LogP contribution in [0, 0.1) is 0 Å². The molecule has 0 saturated carbocycles. The van der Waals surface area contributed by atoms with Crippen LogP contribution in [0.3, 0.4) is 0 Å². The molecule has 4 heteroatoms. The molecule has 3 aromatic rings. The highest BCUT2D eigenvalue weighted by molar-refractivity contribution is 6.30. The maximum atomic E-state index is 12.9. The minimum Gasteiger partial charge on any atom is -0.497 e. The number of allylic oxidation sites excluding steroid dienone is 1. The van der Waals surface area contributed by atoms with Crippen LogP contribution in [0.15, 0.2) is 102 Å². The molecule has 0 aromatic heterocycles. The lowest BCUT2D eigenvalue weighted by atomic mass is 9.91. The van der Waals surface area contributed by atoms with Crippen LogP contribution in [-0.4, -0.2) is 19.7 Å². The van der Waals surface area contributed by atoms with Gasteiger partial charge in [-0.15, -0.1) is 0 Å². The maximum Gasteiger partial charge on any atom is 0.338 e. The van der Waals surface area contributed by atoms with E-state index in [1.807, 2.05) is 60.7 Å². The third-order valence-electron chi connectivity index (χ3n) is 5.06. The van der Waals surface area contributed by atoms with Gasteiger partial charge in [0.05, 0.1) is 19.3 Å². The zero-order valence-electron chi connectivity index (χ0n) is 18.9. The molecule has 3 rings (SSSR count). The first kappa shape index (κ1) is 24.1. The third kappa shape index (κ3) is 6.96. The van der Waals surface area contributed by atoms with Crippen LogP contribution in [0.4, 0.5) is 0 Å². The minimum atomic E-state index is -0.420. The Kier molecular flexibility index (Phi) is 8.68. The number of carbonyl (C=O) groups is 1. The van der Waals surface area contributed by atoms with Gasteiger partial charge >= 0.3 is 5.97 Å². The first-order valence-electron chi connectivity index (χ1n) is 10.7. The van der Waals surface area contributed by atoms with Crippen molar-refractivity contribution in [3.63, 3.8) is 0 Å². The predicted molar refractivity (Wildman–Crippen MR) is 136 cm³/mol. The molecule has 0 atom stereocenters. The Bertz CT molecular complexity index is 1160. The van der Waals surface area contributed by atoms with Gasteiger partial charge in [-0.1, -0.05) is 78.9 Å². The molecule has 0 heterocycles. The van der Waals surface area contributed by atoms with Crippen molar-refractivity contribution in [2.75, 3.05) is 13.7 Å². The Morgan fingerprint density at radius 3 is 2.30 bits per heavy atom. The van der Waals surface area contributed by atoms with E-state index in [2.05, 4.69) is 18.7 Å². The second kappa shape index (κ2) is 11.9. The van der Waals surface area contributed by atoms with Crippen LogP contribution in [0.1, 0.15) is 23.6 Å². The number of methoxy groups -OCH3 is 1. The molecular formula is C29H27ClO3. The number of halogens is 1. The molecule has 0 N–H and O–H groups in total. The summed E-state index contributed by atoms with van der Waals surface area (Å²) >= 11 is 6.16. The van der Waals surface area contributed by atoms with Gasteiger partial charge in [-0.2, -0.15) is 0 Å². The van der Waals surface area contributed by atoms with Gasteiger partial charge < -0.3 is 9.47 Å². The van der Waals surface area contributed by atoms with E-state index in [9.17, 15) is 4.79 Å². The van der Waals surface area contributed by atoms with Gasteiger partial charge in [-0.05, 0) is 71.5 Å². The number of carbonyl (C=O) groups excluding carboxylic acids is 1. The molecule has 168 valence electrons. The van der Waals surface area contributed by atoms with E-state index < -0.39 is 5.97 Å². The molecule has 33 heavy (non-hydrogen) atoms. The van der Waals surface area contributed by atoms with E-state index in [0.717, 1.165) is 28.0 Å². The lowest BCUT2D eigenvalue weighted by Crippen LogP contribution is -2.11. The van der Waals surface area contributed by atoms with Crippen LogP contribution in [0.2, 0.25) is 5.02 Å². The Balaban J connectivity index is 2.06. The van der Waals surface area contributed by atoms with Crippen LogP contribution < -0.4 is 4.74 Å². The van der Waals surface area contributed by atoms with Gasteiger partial charge in [0.2, 0.25) is 0 Å². The summed E-state index contributed by atoms with van der Waals surface area (Å²) in [6.07, 6.45) is 4.43. The summed E-state index contributed by atoms with van der Waals surface area (Å²) in [7, 11) is 1.64. The molecule has 0 amide bonds. The van der Waals surface area contributed by atoms with Gasteiger partial charge in [0, 0.05) is 5.02 Å². The summed E-state index contributed by atoms with van der Waals surface area (Å²) in [6, 6.07) is 25.2. The van der Waals surface area contributed by atoms with E-state index in [0.29, 0.717) is 22.6 Å². The van der Waals surface area contributed by atoms with Crippen molar-refractivity contribution in [2.45, 2.75) is 13.3 Å². The minimum absolute atomic E-state index is 0.273. The van der Waals surface area contributed by atoms with Crippen LogP contribution in [0.25, 0.3) is 12.2 Å². The fourth-order valence-electron chi connectivity index (χ4n) is 3.38. The monoisotopic (exact) mass is 458 g/mol. The van der Waals surface area contributed by atoms with Crippen molar-refractivity contribution >= 4 is 29.7 Å². The van der Waals surface area contributed by atoms with Crippen LogP contribution in [0.5, 0.6) is 5.75 Å². The highest BCUT2D eigenvalue weighted by atomic mass is 35.5. The second-order valence-corrected chi connectivity index (χ2v) is 7.85. The predicted octanol–water partition coefficient (Wildman–Crippen LogP) is 7.18. The molecule has 0 bridgehead atoms. The largest absolute Gasteiger partial charge is 0.497 e. The van der Waals surface area contributed by atoms with Crippen molar-refractivity contribution in [3.8, 4) is 5.75 Å². The standard InChI is InChI=1S/C29H27ClO3/c1-4-33-29(31)28(20-24-11-8-12-26(30)19-24)21(2)25(17-22-9-6-5-7-10-22)18-23-13-15-27(32-3)16-14-23/h5-16,18-20H,2,4,17H2,1,3H3/b25-18+,28-20-. The third-order valence-corrected chi connectivity index (χ3v) is 5.30. The van der Waals surface area contributed by atoms with Gasteiger partial charge in [-0.3, -0.25) is 0 Å². The highest BCUT2D eigenvalue weighted by Crippen LogP contribution is 2.28. The van der Waals surface area contributed by atoms with Gasteiger partial charge in [0.15, 0.2) is 0 Å². The summed E-state index contributed by atoms with van der Waals surface area (Å²) in [4.78, 5) is 12.9. The quantitative estimate of drug-likeness (QED) is 0.193. The van der Waals surface area contributed by atoms with Gasteiger partial charge in [0.1, 0.15) is 5.75 Å². The molecule has 0 saturated heterocycles. The fourth-order valence-corrected chi connectivity index (χ4v) is 3.57. The summed E-state index contributed by atoms with van der Waals surface area (Å²) in [5.41, 5.74) is 4.81. The Hall–Kier alpha value is -3.56.